The van der Waals surface area contributed by atoms with Gasteiger partial charge >= 0.3 is 0 Å². The maximum Gasteiger partial charge on any atom is 0.151 e. The zero-order chi connectivity index (χ0) is 11.1. The van der Waals surface area contributed by atoms with E-state index < -0.39 is 0 Å². The number of nitrogens with zero attached hydrogens (tertiary/aromatic N) is 2. The van der Waals surface area contributed by atoms with Crippen molar-refractivity contribution in [2.75, 3.05) is 5.73 Å². The van der Waals surface area contributed by atoms with Gasteiger partial charge in [0.25, 0.3) is 0 Å². The number of hydrogen-bond donors (Lipinski definition) is 1. The molecule has 0 bridgehead atoms. The second-order valence-corrected chi connectivity index (χ2v) is 4.61. The molecule has 16 heavy (non-hydrogen) atoms. The van der Waals surface area contributed by atoms with Crippen LogP contribution in [0.15, 0.2) is 28.7 Å². The number of benzene rings is 1. The van der Waals surface area contributed by atoms with Crippen LogP contribution in [-0.2, 0) is 18.0 Å². The van der Waals surface area contributed by atoms with Crippen LogP contribution in [-0.4, -0.2) is 9.78 Å². The lowest BCUT2D eigenvalue weighted by Gasteiger charge is -2.05. The summed E-state index contributed by atoms with van der Waals surface area (Å²) in [5, 5.41) is 4.34. The van der Waals surface area contributed by atoms with Gasteiger partial charge in [0.15, 0.2) is 5.82 Å². The molecule has 0 saturated carbocycles. The third-order valence-corrected chi connectivity index (χ3v) is 3.15. The van der Waals surface area contributed by atoms with E-state index in [2.05, 4.69) is 21.0 Å². The molecule has 1 aliphatic rings. The molecular weight excluding hydrogens is 270 g/mol. The summed E-state index contributed by atoms with van der Waals surface area (Å²) in [6, 6.07) is 7.95. The van der Waals surface area contributed by atoms with Crippen LogP contribution in [0.3, 0.4) is 0 Å². The van der Waals surface area contributed by atoms with E-state index in [9.17, 15) is 0 Å². The van der Waals surface area contributed by atoms with Crippen LogP contribution in [0.4, 0.5) is 5.82 Å². The van der Waals surface area contributed by atoms with Crippen molar-refractivity contribution >= 4 is 21.7 Å². The Balaban J connectivity index is 2.17. The van der Waals surface area contributed by atoms with Gasteiger partial charge in [-0.2, -0.15) is 0 Å². The molecule has 0 unspecified atom stereocenters. The number of rotatable bonds is 1. The Kier molecular flexibility index (Phi) is 2.22. The summed E-state index contributed by atoms with van der Waals surface area (Å²) in [6.07, 6.45) is 0. The van der Waals surface area contributed by atoms with Crippen molar-refractivity contribution in [2.45, 2.75) is 13.2 Å². The molecule has 1 aromatic heterocycles. The fourth-order valence-electron chi connectivity index (χ4n) is 1.88. The molecule has 82 valence electrons. The number of nitrogens with two attached hydrogens (primary N) is 1. The first-order valence-electron chi connectivity index (χ1n) is 4.95. The third kappa shape index (κ3) is 1.44. The molecule has 5 heteroatoms. The number of fused-ring (bicyclic) bond motifs is 1. The fraction of sp³-hybridized carbons (Fsp3) is 0.182. The topological polar surface area (TPSA) is 53.1 Å². The third-order valence-electron chi connectivity index (χ3n) is 2.66. The van der Waals surface area contributed by atoms with Crippen LogP contribution in [0.5, 0.6) is 0 Å². The predicted molar refractivity (Wildman–Crippen MR) is 64.2 cm³/mol. The van der Waals surface area contributed by atoms with Crippen molar-refractivity contribution in [3.05, 3.63) is 40.0 Å². The smallest absolute Gasteiger partial charge is 0.151 e. The first kappa shape index (κ1) is 9.86. The Labute approximate surface area is 101 Å². The average molecular weight is 280 g/mol. The standard InChI is InChI=1S/C11H10BrN3O/c12-7-2-1-3-8(4-7)15-10-6-16-5-9(10)11(13)14-15/h1-4H,5-6H2,(H2,13,14). The molecule has 2 aromatic rings. The zero-order valence-corrected chi connectivity index (χ0v) is 10.1. The summed E-state index contributed by atoms with van der Waals surface area (Å²) in [4.78, 5) is 0. The van der Waals surface area contributed by atoms with Gasteiger partial charge in [-0.1, -0.05) is 22.0 Å². The highest BCUT2D eigenvalue weighted by molar-refractivity contribution is 9.10. The van der Waals surface area contributed by atoms with Crippen molar-refractivity contribution in [2.24, 2.45) is 0 Å². The van der Waals surface area contributed by atoms with Crippen molar-refractivity contribution in [1.29, 1.82) is 0 Å². The number of ether oxygens (including phenoxy) is 1. The monoisotopic (exact) mass is 279 g/mol. The van der Waals surface area contributed by atoms with E-state index in [1.165, 1.54) is 0 Å². The molecule has 2 N–H and O–H groups in total. The molecule has 0 atom stereocenters. The summed E-state index contributed by atoms with van der Waals surface area (Å²) in [6.45, 7) is 1.14. The van der Waals surface area contributed by atoms with Crippen LogP contribution in [0.1, 0.15) is 11.3 Å². The summed E-state index contributed by atoms with van der Waals surface area (Å²) in [7, 11) is 0. The molecule has 0 radical (unpaired) electrons. The van der Waals surface area contributed by atoms with Gasteiger partial charge in [-0.3, -0.25) is 0 Å². The van der Waals surface area contributed by atoms with E-state index >= 15 is 0 Å². The quantitative estimate of drug-likeness (QED) is 0.871. The molecule has 4 nitrogen and oxygen atoms in total. The Morgan fingerprint density at radius 2 is 2.25 bits per heavy atom. The largest absolute Gasteiger partial charge is 0.382 e. The minimum absolute atomic E-state index is 0.562. The van der Waals surface area contributed by atoms with Gasteiger partial charge in [-0.25, -0.2) is 4.68 Å². The number of aromatic nitrogens is 2. The van der Waals surface area contributed by atoms with Gasteiger partial charge in [0.05, 0.1) is 24.6 Å². The Hall–Kier alpha value is -1.33. The molecule has 0 spiro atoms. The Morgan fingerprint density at radius 1 is 1.38 bits per heavy atom. The van der Waals surface area contributed by atoms with Gasteiger partial charge < -0.3 is 10.5 Å². The molecule has 3 rings (SSSR count). The lowest BCUT2D eigenvalue weighted by atomic mass is 10.2. The highest BCUT2D eigenvalue weighted by Crippen LogP contribution is 2.28. The Morgan fingerprint density at radius 3 is 3.06 bits per heavy atom. The van der Waals surface area contributed by atoms with E-state index in [-0.39, 0.29) is 0 Å². The highest BCUT2D eigenvalue weighted by atomic mass is 79.9. The maximum absolute atomic E-state index is 5.84. The van der Waals surface area contributed by atoms with Gasteiger partial charge in [0, 0.05) is 10.0 Å². The molecule has 0 aliphatic carbocycles. The number of anilines is 1. The molecule has 2 heterocycles. The fourth-order valence-corrected chi connectivity index (χ4v) is 2.27. The van der Waals surface area contributed by atoms with Crippen LogP contribution < -0.4 is 5.73 Å². The summed E-state index contributed by atoms with van der Waals surface area (Å²) >= 11 is 3.44. The van der Waals surface area contributed by atoms with Gasteiger partial charge in [-0.15, -0.1) is 5.10 Å². The summed E-state index contributed by atoms with van der Waals surface area (Å²) in [5.74, 6) is 0.562. The number of halogens is 1. The first-order valence-corrected chi connectivity index (χ1v) is 5.75. The van der Waals surface area contributed by atoms with Gasteiger partial charge in [-0.05, 0) is 18.2 Å². The lowest BCUT2D eigenvalue weighted by Crippen LogP contribution is -2.02. The normalized spacial score (nSPS) is 14.1. The van der Waals surface area contributed by atoms with Crippen molar-refractivity contribution in [3.8, 4) is 5.69 Å². The molecular formula is C11H10BrN3O. The van der Waals surface area contributed by atoms with Crippen LogP contribution in [0.25, 0.3) is 5.69 Å². The highest BCUT2D eigenvalue weighted by Gasteiger charge is 2.22. The minimum atomic E-state index is 0.562. The maximum atomic E-state index is 5.84. The number of hydrogen-bond acceptors (Lipinski definition) is 3. The van der Waals surface area contributed by atoms with E-state index in [0.717, 1.165) is 21.4 Å². The SMILES string of the molecule is Nc1nn(-c2cccc(Br)c2)c2c1COC2. The Bertz CT molecular complexity index is 550. The average Bonchev–Trinajstić information content (AvgIpc) is 2.83. The van der Waals surface area contributed by atoms with E-state index in [1.54, 1.807) is 0 Å². The van der Waals surface area contributed by atoms with Gasteiger partial charge in [0.1, 0.15) is 0 Å². The molecule has 0 fully saturated rings. The van der Waals surface area contributed by atoms with Gasteiger partial charge in [0.2, 0.25) is 0 Å². The van der Waals surface area contributed by atoms with Crippen molar-refractivity contribution < 1.29 is 4.74 Å². The van der Waals surface area contributed by atoms with Crippen LogP contribution in [0.2, 0.25) is 0 Å². The minimum Gasteiger partial charge on any atom is -0.382 e. The first-order chi connectivity index (χ1) is 7.75. The molecule has 1 aliphatic heterocycles. The summed E-state index contributed by atoms with van der Waals surface area (Å²) in [5.41, 5.74) is 8.90. The van der Waals surface area contributed by atoms with Crippen molar-refractivity contribution in [3.63, 3.8) is 0 Å². The molecule has 0 saturated heterocycles. The van der Waals surface area contributed by atoms with E-state index in [0.29, 0.717) is 19.0 Å². The van der Waals surface area contributed by atoms with E-state index in [4.69, 9.17) is 10.5 Å². The molecule has 1 aromatic carbocycles. The van der Waals surface area contributed by atoms with Crippen molar-refractivity contribution in [1.82, 2.24) is 9.78 Å². The number of nitrogen functional groups attached to an aromatic ring is 1. The predicted octanol–water partition coefficient (Wildman–Crippen LogP) is 2.25. The lowest BCUT2D eigenvalue weighted by molar-refractivity contribution is 0.131. The summed E-state index contributed by atoms with van der Waals surface area (Å²) < 4.78 is 8.25. The van der Waals surface area contributed by atoms with E-state index in [1.807, 2.05) is 28.9 Å². The van der Waals surface area contributed by atoms with Crippen LogP contribution >= 0.6 is 15.9 Å². The molecule has 0 amide bonds. The second-order valence-electron chi connectivity index (χ2n) is 3.69. The second kappa shape index (κ2) is 3.61. The van der Waals surface area contributed by atoms with Crippen LogP contribution in [0, 0.1) is 0 Å². The zero-order valence-electron chi connectivity index (χ0n) is 8.48.